The number of hydrogen-bond donors (Lipinski definition) is 0. The van der Waals surface area contributed by atoms with Crippen molar-refractivity contribution in [2.75, 3.05) is 32.8 Å². The second-order valence-electron chi connectivity index (χ2n) is 7.80. The van der Waals surface area contributed by atoms with E-state index in [4.69, 9.17) is 9.47 Å². The molecule has 2 amide bonds. The summed E-state index contributed by atoms with van der Waals surface area (Å²) in [4.78, 5) is 28.0. The molecule has 1 fully saturated rings. The van der Waals surface area contributed by atoms with E-state index in [0.29, 0.717) is 45.0 Å². The Labute approximate surface area is 162 Å². The summed E-state index contributed by atoms with van der Waals surface area (Å²) in [6.45, 7) is 12.6. The highest BCUT2D eigenvalue weighted by Crippen LogP contribution is 2.25. The Bertz CT molecular complexity index is 629. The first-order valence-corrected chi connectivity index (χ1v) is 9.74. The van der Waals surface area contributed by atoms with Gasteiger partial charge in [0.2, 0.25) is 0 Å². The first-order valence-electron chi connectivity index (χ1n) is 9.74. The van der Waals surface area contributed by atoms with Crippen molar-refractivity contribution in [2.45, 2.75) is 52.6 Å². The van der Waals surface area contributed by atoms with E-state index in [1.807, 2.05) is 31.2 Å². The van der Waals surface area contributed by atoms with Gasteiger partial charge in [0.05, 0.1) is 6.61 Å². The molecular formula is C21H32N2O4. The molecule has 1 unspecified atom stereocenters. The summed E-state index contributed by atoms with van der Waals surface area (Å²) >= 11 is 0. The number of hydrogen-bond acceptors (Lipinski definition) is 4. The van der Waals surface area contributed by atoms with Crippen LogP contribution in [-0.2, 0) is 14.9 Å². The van der Waals surface area contributed by atoms with E-state index in [0.717, 1.165) is 0 Å². The fraction of sp³-hybridized carbons (Fsp3) is 0.619. The maximum atomic E-state index is 12.8. The Morgan fingerprint density at radius 1 is 1.00 bits per heavy atom. The molecule has 1 saturated heterocycles. The van der Waals surface area contributed by atoms with Crippen molar-refractivity contribution in [2.24, 2.45) is 0 Å². The van der Waals surface area contributed by atoms with Crippen molar-refractivity contribution < 1.29 is 19.1 Å². The Morgan fingerprint density at radius 3 is 2.04 bits per heavy atom. The zero-order chi connectivity index (χ0) is 20.0. The van der Waals surface area contributed by atoms with E-state index in [2.05, 4.69) is 20.8 Å². The molecule has 0 saturated carbocycles. The van der Waals surface area contributed by atoms with Crippen LogP contribution in [0.15, 0.2) is 24.3 Å². The van der Waals surface area contributed by atoms with Gasteiger partial charge in [-0.25, -0.2) is 4.79 Å². The van der Waals surface area contributed by atoms with E-state index < -0.39 is 6.10 Å². The summed E-state index contributed by atoms with van der Waals surface area (Å²) in [6, 6.07) is 7.94. The smallest absolute Gasteiger partial charge is 0.409 e. The third-order valence-corrected chi connectivity index (χ3v) is 4.76. The largest absolute Gasteiger partial charge is 0.481 e. The molecule has 0 spiro atoms. The van der Waals surface area contributed by atoms with E-state index in [-0.39, 0.29) is 17.4 Å². The van der Waals surface area contributed by atoms with Gasteiger partial charge in [-0.05, 0) is 36.5 Å². The Balaban J connectivity index is 1.93. The molecule has 0 aromatic heterocycles. The van der Waals surface area contributed by atoms with Gasteiger partial charge in [0.15, 0.2) is 6.10 Å². The zero-order valence-corrected chi connectivity index (χ0v) is 17.2. The number of ether oxygens (including phenoxy) is 2. The minimum absolute atomic E-state index is 0.0269. The SMILES string of the molecule is CCOC(=O)N1CCN(C(=O)C(CC)Oc2ccc(C(C)(C)C)cc2)CC1. The molecule has 2 rings (SSSR count). The predicted molar refractivity (Wildman–Crippen MR) is 105 cm³/mol. The number of amides is 2. The minimum Gasteiger partial charge on any atom is -0.481 e. The quantitative estimate of drug-likeness (QED) is 0.790. The molecule has 0 N–H and O–H groups in total. The Hall–Kier alpha value is -2.24. The molecule has 6 nitrogen and oxygen atoms in total. The molecular weight excluding hydrogens is 344 g/mol. The van der Waals surface area contributed by atoms with Gasteiger partial charge in [-0.2, -0.15) is 0 Å². The van der Waals surface area contributed by atoms with Gasteiger partial charge in [-0.15, -0.1) is 0 Å². The normalized spacial score (nSPS) is 16.0. The van der Waals surface area contributed by atoms with Crippen LogP contribution in [0.2, 0.25) is 0 Å². The van der Waals surface area contributed by atoms with Gasteiger partial charge in [0.25, 0.3) is 5.91 Å². The molecule has 0 bridgehead atoms. The summed E-state index contributed by atoms with van der Waals surface area (Å²) in [5, 5.41) is 0. The third kappa shape index (κ3) is 5.62. The number of piperazine rings is 1. The third-order valence-electron chi connectivity index (χ3n) is 4.76. The van der Waals surface area contributed by atoms with Crippen LogP contribution in [0, 0.1) is 0 Å². The van der Waals surface area contributed by atoms with E-state index >= 15 is 0 Å². The fourth-order valence-electron chi connectivity index (χ4n) is 3.03. The van der Waals surface area contributed by atoms with E-state index in [1.165, 1.54) is 5.56 Å². The van der Waals surface area contributed by atoms with Crippen molar-refractivity contribution in [3.05, 3.63) is 29.8 Å². The van der Waals surface area contributed by atoms with E-state index in [1.54, 1.807) is 16.7 Å². The molecule has 0 aliphatic carbocycles. The van der Waals surface area contributed by atoms with Gasteiger partial charge in [0.1, 0.15) is 5.75 Å². The molecule has 1 aromatic carbocycles. The molecule has 27 heavy (non-hydrogen) atoms. The Kier molecular flexibility index (Phi) is 7.11. The average molecular weight is 376 g/mol. The lowest BCUT2D eigenvalue weighted by Crippen LogP contribution is -2.53. The van der Waals surface area contributed by atoms with Gasteiger partial charge in [0, 0.05) is 26.2 Å². The molecule has 1 aliphatic heterocycles. The molecule has 1 aromatic rings. The summed E-state index contributed by atoms with van der Waals surface area (Å²) in [7, 11) is 0. The van der Waals surface area contributed by atoms with Crippen LogP contribution in [0.4, 0.5) is 4.79 Å². The van der Waals surface area contributed by atoms with Gasteiger partial charge < -0.3 is 19.3 Å². The van der Waals surface area contributed by atoms with Crippen LogP contribution >= 0.6 is 0 Å². The number of benzene rings is 1. The van der Waals surface area contributed by atoms with Gasteiger partial charge in [-0.1, -0.05) is 39.8 Å². The van der Waals surface area contributed by atoms with Crippen molar-refractivity contribution in [3.63, 3.8) is 0 Å². The highest BCUT2D eigenvalue weighted by atomic mass is 16.6. The van der Waals surface area contributed by atoms with Crippen molar-refractivity contribution in [1.29, 1.82) is 0 Å². The lowest BCUT2D eigenvalue weighted by molar-refractivity contribution is -0.140. The monoisotopic (exact) mass is 376 g/mol. The maximum Gasteiger partial charge on any atom is 0.409 e. The highest BCUT2D eigenvalue weighted by molar-refractivity contribution is 5.81. The molecule has 1 atom stereocenters. The topological polar surface area (TPSA) is 59.1 Å². The first kappa shape index (κ1) is 21.1. The second-order valence-corrected chi connectivity index (χ2v) is 7.80. The first-order chi connectivity index (χ1) is 12.8. The summed E-state index contributed by atoms with van der Waals surface area (Å²) in [6.07, 6.45) is -0.232. The highest BCUT2D eigenvalue weighted by Gasteiger charge is 2.29. The van der Waals surface area contributed by atoms with Crippen LogP contribution in [0.1, 0.15) is 46.6 Å². The van der Waals surface area contributed by atoms with Gasteiger partial charge in [-0.3, -0.25) is 4.79 Å². The van der Waals surface area contributed by atoms with Crippen molar-refractivity contribution in [3.8, 4) is 5.75 Å². The predicted octanol–water partition coefficient (Wildman–Crippen LogP) is 3.44. The molecule has 1 aliphatic rings. The van der Waals surface area contributed by atoms with Gasteiger partial charge >= 0.3 is 6.09 Å². The van der Waals surface area contributed by atoms with Crippen molar-refractivity contribution in [1.82, 2.24) is 9.80 Å². The number of rotatable bonds is 5. The van der Waals surface area contributed by atoms with Crippen LogP contribution in [0.25, 0.3) is 0 Å². The Morgan fingerprint density at radius 2 is 1.56 bits per heavy atom. The van der Waals surface area contributed by atoms with Crippen molar-refractivity contribution >= 4 is 12.0 Å². The average Bonchev–Trinajstić information content (AvgIpc) is 2.65. The second kappa shape index (κ2) is 9.11. The van der Waals surface area contributed by atoms with Crippen LogP contribution in [0.5, 0.6) is 5.75 Å². The van der Waals surface area contributed by atoms with Crippen LogP contribution in [-0.4, -0.2) is 60.7 Å². The lowest BCUT2D eigenvalue weighted by Gasteiger charge is -2.35. The number of carbonyl (C=O) groups excluding carboxylic acids is 2. The summed E-state index contributed by atoms with van der Waals surface area (Å²) in [5.41, 5.74) is 1.31. The summed E-state index contributed by atoms with van der Waals surface area (Å²) in [5.74, 6) is 0.675. The van der Waals surface area contributed by atoms with Crippen LogP contribution < -0.4 is 4.74 Å². The van der Waals surface area contributed by atoms with Crippen LogP contribution in [0.3, 0.4) is 0 Å². The molecule has 150 valence electrons. The number of carbonyl (C=O) groups is 2. The van der Waals surface area contributed by atoms with E-state index in [9.17, 15) is 9.59 Å². The fourth-order valence-corrected chi connectivity index (χ4v) is 3.03. The standard InChI is InChI=1S/C21H32N2O4/c1-6-18(27-17-10-8-16(9-11-17)21(3,4)5)19(24)22-12-14-23(15-13-22)20(25)26-7-2/h8-11,18H,6-7,12-15H2,1-5H3. The lowest BCUT2D eigenvalue weighted by atomic mass is 9.87. The zero-order valence-electron chi connectivity index (χ0n) is 17.2. The minimum atomic E-state index is -0.514. The maximum absolute atomic E-state index is 12.8. The molecule has 0 radical (unpaired) electrons. The summed E-state index contributed by atoms with van der Waals surface area (Å²) < 4.78 is 11.0. The number of nitrogens with zero attached hydrogens (tertiary/aromatic N) is 2. The molecule has 1 heterocycles. The molecule has 6 heteroatoms.